The zero-order valence-corrected chi connectivity index (χ0v) is 12.7. The molecule has 2 aliphatic heterocycles. The van der Waals surface area contributed by atoms with E-state index in [1.807, 2.05) is 11.9 Å². The monoisotopic (exact) mass is 267 g/mol. The Morgan fingerprint density at radius 2 is 2.00 bits per heavy atom. The molecule has 0 bridgehead atoms. The predicted octanol–water partition coefficient (Wildman–Crippen LogP) is 1.32. The molecule has 2 heterocycles. The van der Waals surface area contributed by atoms with E-state index in [4.69, 9.17) is 0 Å². The average molecular weight is 267 g/mol. The maximum atomic E-state index is 12.5. The van der Waals surface area contributed by atoms with Crippen LogP contribution in [-0.2, 0) is 4.79 Å². The largest absolute Gasteiger partial charge is 0.341 e. The van der Waals surface area contributed by atoms with Gasteiger partial charge >= 0.3 is 0 Å². The number of likely N-dealkylation sites (N-methyl/N-ethyl adjacent to an activating group) is 1. The molecule has 110 valence electrons. The van der Waals surface area contributed by atoms with E-state index in [1.54, 1.807) is 0 Å². The molecule has 1 amide bonds. The summed E-state index contributed by atoms with van der Waals surface area (Å²) in [5.41, 5.74) is 0. The number of amides is 1. The van der Waals surface area contributed by atoms with Crippen LogP contribution in [0.5, 0.6) is 0 Å². The number of nitrogens with zero attached hydrogens (tertiary/aromatic N) is 2. The summed E-state index contributed by atoms with van der Waals surface area (Å²) in [6.45, 7) is 8.88. The fraction of sp³-hybridized carbons (Fsp3) is 0.933. The minimum Gasteiger partial charge on any atom is -0.341 e. The van der Waals surface area contributed by atoms with Crippen molar-refractivity contribution in [3.63, 3.8) is 0 Å². The molecule has 2 rings (SSSR count). The van der Waals surface area contributed by atoms with E-state index < -0.39 is 0 Å². The van der Waals surface area contributed by atoms with Gasteiger partial charge in [0.1, 0.15) is 0 Å². The first-order valence-corrected chi connectivity index (χ1v) is 7.86. The summed E-state index contributed by atoms with van der Waals surface area (Å²) in [5, 5.41) is 3.35. The van der Waals surface area contributed by atoms with E-state index in [2.05, 4.69) is 24.1 Å². The number of likely N-dealkylation sites (tertiary alicyclic amines) is 1. The van der Waals surface area contributed by atoms with Crippen LogP contribution < -0.4 is 5.32 Å². The van der Waals surface area contributed by atoms with Gasteiger partial charge in [-0.3, -0.25) is 4.79 Å². The number of nitrogens with one attached hydrogen (secondary N) is 1. The van der Waals surface area contributed by atoms with E-state index in [9.17, 15) is 4.79 Å². The third-order valence-corrected chi connectivity index (χ3v) is 4.79. The first-order valence-electron chi connectivity index (χ1n) is 7.86. The minimum absolute atomic E-state index is 0.0543. The lowest BCUT2D eigenvalue weighted by Gasteiger charge is -2.38. The van der Waals surface area contributed by atoms with Crippen LogP contribution in [0.2, 0.25) is 0 Å². The second-order valence-electron chi connectivity index (χ2n) is 6.22. The molecule has 4 heteroatoms. The Hall–Kier alpha value is -0.610. The Labute approximate surface area is 117 Å². The number of carbonyl (C=O) groups is 1. The quantitative estimate of drug-likeness (QED) is 0.834. The molecular formula is C15H29N3O. The van der Waals surface area contributed by atoms with Gasteiger partial charge in [-0.25, -0.2) is 0 Å². The van der Waals surface area contributed by atoms with E-state index in [0.29, 0.717) is 17.9 Å². The Balaban J connectivity index is 1.83. The summed E-state index contributed by atoms with van der Waals surface area (Å²) in [6, 6.07) is 0.494. The van der Waals surface area contributed by atoms with Gasteiger partial charge in [0.05, 0.1) is 6.04 Å². The lowest BCUT2D eigenvalue weighted by Crippen LogP contribution is -2.51. The molecule has 2 fully saturated rings. The third-order valence-electron chi connectivity index (χ3n) is 4.79. The van der Waals surface area contributed by atoms with Crippen molar-refractivity contribution in [2.24, 2.45) is 5.92 Å². The van der Waals surface area contributed by atoms with Crippen molar-refractivity contribution < 1.29 is 4.79 Å². The molecule has 2 aliphatic rings. The van der Waals surface area contributed by atoms with Crippen molar-refractivity contribution in [3.05, 3.63) is 0 Å². The number of hydrogen-bond acceptors (Lipinski definition) is 3. The summed E-state index contributed by atoms with van der Waals surface area (Å²) < 4.78 is 0. The molecular weight excluding hydrogens is 238 g/mol. The van der Waals surface area contributed by atoms with Gasteiger partial charge in [-0.05, 0) is 44.7 Å². The smallest absolute Gasteiger partial charge is 0.239 e. The normalized spacial score (nSPS) is 29.6. The van der Waals surface area contributed by atoms with E-state index in [1.165, 1.54) is 13.0 Å². The number of hydrogen-bond donors (Lipinski definition) is 1. The van der Waals surface area contributed by atoms with Crippen LogP contribution in [-0.4, -0.2) is 61.0 Å². The van der Waals surface area contributed by atoms with E-state index in [-0.39, 0.29) is 6.04 Å². The Kier molecular flexibility index (Phi) is 5.22. The summed E-state index contributed by atoms with van der Waals surface area (Å²) in [7, 11) is 2.00. The van der Waals surface area contributed by atoms with Gasteiger partial charge in [0, 0.05) is 26.2 Å². The molecule has 4 nitrogen and oxygen atoms in total. The topological polar surface area (TPSA) is 35.6 Å². The zero-order valence-electron chi connectivity index (χ0n) is 12.7. The van der Waals surface area contributed by atoms with E-state index in [0.717, 1.165) is 38.9 Å². The van der Waals surface area contributed by atoms with Gasteiger partial charge in [-0.1, -0.05) is 13.8 Å². The Morgan fingerprint density at radius 1 is 1.32 bits per heavy atom. The van der Waals surface area contributed by atoms with Crippen LogP contribution in [0.25, 0.3) is 0 Å². The summed E-state index contributed by atoms with van der Waals surface area (Å²) in [6.07, 6.45) is 4.61. The molecule has 0 aromatic rings. The molecule has 0 radical (unpaired) electrons. The molecule has 0 aliphatic carbocycles. The van der Waals surface area contributed by atoms with Crippen LogP contribution in [0.15, 0.2) is 0 Å². The minimum atomic E-state index is 0.0543. The second-order valence-corrected chi connectivity index (χ2v) is 6.22. The van der Waals surface area contributed by atoms with Crippen molar-refractivity contribution in [1.82, 2.24) is 15.1 Å². The van der Waals surface area contributed by atoms with Crippen LogP contribution in [0.4, 0.5) is 0 Å². The molecule has 0 aromatic heterocycles. The maximum absolute atomic E-state index is 12.5. The number of piperidine rings is 1. The SMILES string of the molecule is CCCN1CCC(N(C)C(=O)C2NCCC2C)CC1. The molecule has 0 saturated carbocycles. The van der Waals surface area contributed by atoms with Crippen molar-refractivity contribution in [3.8, 4) is 0 Å². The van der Waals surface area contributed by atoms with Crippen molar-refractivity contribution >= 4 is 5.91 Å². The number of carbonyl (C=O) groups excluding carboxylic acids is 1. The Bertz CT molecular complexity index is 300. The van der Waals surface area contributed by atoms with Crippen molar-refractivity contribution in [2.75, 3.05) is 33.2 Å². The molecule has 0 aromatic carbocycles. The fourth-order valence-electron chi connectivity index (χ4n) is 3.41. The van der Waals surface area contributed by atoms with Gasteiger partial charge < -0.3 is 15.1 Å². The van der Waals surface area contributed by atoms with Crippen LogP contribution >= 0.6 is 0 Å². The van der Waals surface area contributed by atoms with Gasteiger partial charge in [0.15, 0.2) is 0 Å². The lowest BCUT2D eigenvalue weighted by atomic mass is 9.99. The third kappa shape index (κ3) is 3.48. The molecule has 2 saturated heterocycles. The van der Waals surface area contributed by atoms with Gasteiger partial charge in [0.25, 0.3) is 0 Å². The lowest BCUT2D eigenvalue weighted by molar-refractivity contribution is -0.135. The van der Waals surface area contributed by atoms with Gasteiger partial charge in [-0.15, -0.1) is 0 Å². The Morgan fingerprint density at radius 3 is 2.53 bits per heavy atom. The molecule has 2 atom stereocenters. The first kappa shape index (κ1) is 14.8. The van der Waals surface area contributed by atoms with E-state index >= 15 is 0 Å². The highest BCUT2D eigenvalue weighted by atomic mass is 16.2. The highest BCUT2D eigenvalue weighted by Crippen LogP contribution is 2.21. The highest BCUT2D eigenvalue weighted by Gasteiger charge is 2.34. The zero-order chi connectivity index (χ0) is 13.8. The van der Waals surface area contributed by atoms with Crippen molar-refractivity contribution in [1.29, 1.82) is 0 Å². The standard InChI is InChI=1S/C15H29N3O/c1-4-9-18-10-6-13(7-11-18)17(3)15(19)14-12(2)5-8-16-14/h12-14,16H,4-11H2,1-3H3. The molecule has 0 spiro atoms. The first-order chi connectivity index (χ1) is 9.13. The summed E-state index contributed by atoms with van der Waals surface area (Å²) in [4.78, 5) is 17.0. The second kappa shape index (κ2) is 6.71. The highest BCUT2D eigenvalue weighted by molar-refractivity contribution is 5.82. The van der Waals surface area contributed by atoms with Gasteiger partial charge in [0.2, 0.25) is 5.91 Å². The predicted molar refractivity (Wildman–Crippen MR) is 78.1 cm³/mol. The van der Waals surface area contributed by atoms with Gasteiger partial charge in [-0.2, -0.15) is 0 Å². The summed E-state index contributed by atoms with van der Waals surface area (Å²) in [5.74, 6) is 0.786. The molecule has 19 heavy (non-hydrogen) atoms. The van der Waals surface area contributed by atoms with Crippen LogP contribution in [0.1, 0.15) is 39.5 Å². The molecule has 1 N–H and O–H groups in total. The van der Waals surface area contributed by atoms with Crippen LogP contribution in [0.3, 0.4) is 0 Å². The van der Waals surface area contributed by atoms with Crippen LogP contribution in [0, 0.1) is 5.92 Å². The maximum Gasteiger partial charge on any atom is 0.239 e. The fourth-order valence-corrected chi connectivity index (χ4v) is 3.41. The van der Waals surface area contributed by atoms with Crippen molar-refractivity contribution in [2.45, 2.75) is 51.6 Å². The average Bonchev–Trinajstić information content (AvgIpc) is 2.84. The summed E-state index contributed by atoms with van der Waals surface area (Å²) >= 11 is 0. The number of rotatable bonds is 4. The molecule has 2 unspecified atom stereocenters.